The second-order valence-electron chi connectivity index (χ2n) is 13.6. The third-order valence-corrected chi connectivity index (χ3v) is 15.9. The van der Waals surface area contributed by atoms with E-state index in [-0.39, 0.29) is 5.41 Å². The van der Waals surface area contributed by atoms with Crippen LogP contribution in [0.15, 0.2) is 71.6 Å². The Morgan fingerprint density at radius 3 is 2.16 bits per heavy atom. The molecule has 1 fully saturated rings. The molecule has 3 aromatic rings. The summed E-state index contributed by atoms with van der Waals surface area (Å²) in [6.45, 7) is 14.6. The summed E-state index contributed by atoms with van der Waals surface area (Å²) in [4.78, 5) is 1.55. The summed E-state index contributed by atoms with van der Waals surface area (Å²) in [5, 5.41) is 2.19. The number of benzene rings is 3. The van der Waals surface area contributed by atoms with Crippen molar-refractivity contribution in [3.63, 3.8) is 0 Å². The van der Waals surface area contributed by atoms with Crippen molar-refractivity contribution in [3.05, 3.63) is 89.0 Å². The number of fused-ring (bicyclic) bond motifs is 4. The molecule has 2 heteroatoms. The summed E-state index contributed by atoms with van der Waals surface area (Å²) in [6, 6.07) is 26.0. The van der Waals surface area contributed by atoms with Crippen LogP contribution >= 0.6 is 21.8 Å². The molecular formula is C35H44S2. The maximum absolute atomic E-state index is 2.70. The van der Waals surface area contributed by atoms with Crippen molar-refractivity contribution in [2.75, 3.05) is 12.5 Å². The monoisotopic (exact) mass is 528 g/mol. The molecule has 0 radical (unpaired) electrons. The lowest BCUT2D eigenvalue weighted by molar-refractivity contribution is 0.464. The molecule has 0 amide bonds. The Hall–Kier alpha value is -1.64. The third-order valence-electron chi connectivity index (χ3n) is 10.1. The van der Waals surface area contributed by atoms with Crippen LogP contribution in [0.25, 0.3) is 11.1 Å². The van der Waals surface area contributed by atoms with Gasteiger partial charge >= 0.3 is 0 Å². The van der Waals surface area contributed by atoms with Gasteiger partial charge in [-0.3, -0.25) is 0 Å². The summed E-state index contributed by atoms with van der Waals surface area (Å²) in [5.41, 5.74) is 9.39. The molecule has 0 nitrogen and oxygen atoms in total. The first kappa shape index (κ1) is 25.6. The van der Waals surface area contributed by atoms with Gasteiger partial charge in [0.25, 0.3) is 0 Å². The van der Waals surface area contributed by atoms with E-state index in [1.54, 1.807) is 21.6 Å². The van der Waals surface area contributed by atoms with Gasteiger partial charge in [-0.15, -0.1) is 11.8 Å². The van der Waals surface area contributed by atoms with E-state index in [2.05, 4.69) is 133 Å². The van der Waals surface area contributed by atoms with Gasteiger partial charge in [-0.2, -0.15) is 0 Å². The van der Waals surface area contributed by atoms with E-state index in [1.807, 2.05) is 0 Å². The normalized spacial score (nSPS) is 31.2. The molecule has 2 aliphatic carbocycles. The Bertz CT molecular complexity index is 1310. The second-order valence-corrected chi connectivity index (χ2v) is 18.9. The van der Waals surface area contributed by atoms with Crippen LogP contribution in [0.5, 0.6) is 0 Å². The van der Waals surface area contributed by atoms with Gasteiger partial charge in [-0.25, -0.2) is 10.0 Å². The van der Waals surface area contributed by atoms with Crippen molar-refractivity contribution in [3.8, 4) is 11.1 Å². The van der Waals surface area contributed by atoms with Crippen LogP contribution in [0.3, 0.4) is 0 Å². The Labute approximate surface area is 231 Å². The van der Waals surface area contributed by atoms with Crippen LogP contribution in [0, 0.1) is 17.8 Å². The smallest absolute Gasteiger partial charge is 0.0202 e. The average Bonchev–Trinajstić information content (AvgIpc) is 3.47. The van der Waals surface area contributed by atoms with E-state index in [0.29, 0.717) is 17.1 Å². The van der Waals surface area contributed by atoms with Crippen LogP contribution in [0.4, 0.5) is 0 Å². The van der Waals surface area contributed by atoms with Crippen LogP contribution in [0.1, 0.15) is 75.0 Å². The van der Waals surface area contributed by atoms with Crippen LogP contribution < -0.4 is 0 Å². The highest BCUT2D eigenvalue weighted by molar-refractivity contribution is 8.33. The maximum atomic E-state index is 2.70. The Balaban J connectivity index is 1.40. The minimum Gasteiger partial charge on any atom is -0.236 e. The Morgan fingerprint density at radius 1 is 0.784 bits per heavy atom. The number of hydrogen-bond donors (Lipinski definition) is 0. The Kier molecular flexibility index (Phi) is 6.20. The highest BCUT2D eigenvalue weighted by Crippen LogP contribution is 2.74. The fourth-order valence-electron chi connectivity index (χ4n) is 8.27. The molecule has 3 aliphatic rings. The van der Waals surface area contributed by atoms with Crippen LogP contribution in [-0.2, 0) is 11.8 Å². The van der Waals surface area contributed by atoms with E-state index in [9.17, 15) is 0 Å². The molecule has 7 unspecified atom stereocenters. The lowest BCUT2D eigenvalue weighted by Crippen LogP contribution is -2.31. The zero-order valence-electron chi connectivity index (χ0n) is 23.9. The van der Waals surface area contributed by atoms with E-state index in [0.717, 1.165) is 22.3 Å². The van der Waals surface area contributed by atoms with Gasteiger partial charge in [0.2, 0.25) is 0 Å². The average molecular weight is 529 g/mol. The quantitative estimate of drug-likeness (QED) is 0.326. The molecule has 37 heavy (non-hydrogen) atoms. The van der Waals surface area contributed by atoms with Crippen molar-refractivity contribution < 1.29 is 0 Å². The van der Waals surface area contributed by atoms with Crippen molar-refractivity contribution in [2.45, 2.75) is 79.9 Å². The minimum atomic E-state index is -0.918. The molecule has 7 atom stereocenters. The van der Waals surface area contributed by atoms with Crippen molar-refractivity contribution in [1.82, 2.24) is 0 Å². The van der Waals surface area contributed by atoms with Crippen LogP contribution in [0.2, 0.25) is 0 Å². The molecular weight excluding hydrogens is 485 g/mol. The molecule has 3 aromatic carbocycles. The summed E-state index contributed by atoms with van der Waals surface area (Å²) < 4.78 is 0. The molecule has 0 aromatic heterocycles. The van der Waals surface area contributed by atoms with Gasteiger partial charge in [0.05, 0.1) is 0 Å². The lowest BCUT2D eigenvalue weighted by Gasteiger charge is -2.50. The fraction of sp³-hybridized carbons (Fsp3) is 0.486. The topological polar surface area (TPSA) is 0 Å². The van der Waals surface area contributed by atoms with Crippen molar-refractivity contribution >= 4 is 21.8 Å². The SMILES string of the molecule is CC1Cc2c(-c3ccc(C(C)(C)C)cc3)cccc2C1S(C)(C)C1C(C)C(C)C2Sc3ccccc3C21. The molecule has 0 bridgehead atoms. The summed E-state index contributed by atoms with van der Waals surface area (Å²) in [7, 11) is -0.918. The van der Waals surface area contributed by atoms with Gasteiger partial charge in [0.1, 0.15) is 0 Å². The van der Waals surface area contributed by atoms with Gasteiger partial charge < -0.3 is 0 Å². The lowest BCUT2D eigenvalue weighted by atomic mass is 9.86. The zero-order valence-corrected chi connectivity index (χ0v) is 25.5. The molecule has 1 aliphatic heterocycles. The van der Waals surface area contributed by atoms with Crippen LogP contribution in [-0.4, -0.2) is 23.0 Å². The van der Waals surface area contributed by atoms with Crippen molar-refractivity contribution in [1.29, 1.82) is 0 Å². The molecule has 196 valence electrons. The highest BCUT2D eigenvalue weighted by atomic mass is 32.3. The van der Waals surface area contributed by atoms with Gasteiger partial charge in [-0.1, -0.05) is 102 Å². The highest BCUT2D eigenvalue weighted by Gasteiger charge is 2.57. The van der Waals surface area contributed by atoms with Gasteiger partial charge in [0, 0.05) is 21.3 Å². The van der Waals surface area contributed by atoms with E-state index in [1.165, 1.54) is 23.1 Å². The standard InChI is InChI=1S/C35H44S2/c1-21-20-29-26(24-16-18-25(19-17-24)35(4,5)6)13-11-14-27(29)33(21)37(7,8)34-23(3)22(2)32-31(34)28-12-9-10-15-30(28)36-32/h9-19,21-23,31-34H,20H2,1-8H3. The molecule has 0 spiro atoms. The fourth-order valence-corrected chi connectivity index (χ4v) is 15.0. The summed E-state index contributed by atoms with van der Waals surface area (Å²) >= 11 is 2.18. The number of thioether (sulfide) groups is 1. The van der Waals surface area contributed by atoms with E-state index >= 15 is 0 Å². The predicted molar refractivity (Wildman–Crippen MR) is 167 cm³/mol. The predicted octanol–water partition coefficient (Wildman–Crippen LogP) is 9.86. The number of hydrogen-bond acceptors (Lipinski definition) is 1. The maximum Gasteiger partial charge on any atom is 0.0202 e. The van der Waals surface area contributed by atoms with E-state index in [4.69, 9.17) is 0 Å². The van der Waals surface area contributed by atoms with Gasteiger partial charge in [-0.05, 0) is 86.8 Å². The van der Waals surface area contributed by atoms with E-state index < -0.39 is 10.0 Å². The zero-order chi connectivity index (χ0) is 26.3. The molecule has 6 rings (SSSR count). The first-order chi connectivity index (χ1) is 17.5. The third kappa shape index (κ3) is 3.96. The second kappa shape index (κ2) is 8.95. The van der Waals surface area contributed by atoms with Gasteiger partial charge in [0.15, 0.2) is 0 Å². The Morgan fingerprint density at radius 2 is 1.46 bits per heavy atom. The molecule has 1 heterocycles. The van der Waals surface area contributed by atoms with Crippen molar-refractivity contribution in [2.24, 2.45) is 17.8 Å². The molecule has 0 N–H and O–H groups in total. The minimum absolute atomic E-state index is 0.189. The largest absolute Gasteiger partial charge is 0.236 e. The number of rotatable bonds is 3. The first-order valence-corrected chi connectivity index (χ1v) is 17.6. The summed E-state index contributed by atoms with van der Waals surface area (Å²) in [6.07, 6.45) is 6.62. The molecule has 0 saturated heterocycles. The summed E-state index contributed by atoms with van der Waals surface area (Å²) in [5.74, 6) is 2.94. The molecule has 1 saturated carbocycles. The first-order valence-electron chi connectivity index (χ1n) is 14.2.